The Hall–Kier alpha value is -2.16. The van der Waals surface area contributed by atoms with E-state index in [0.717, 1.165) is 0 Å². The number of hydrogen-bond acceptors (Lipinski definition) is 9. The van der Waals surface area contributed by atoms with Crippen molar-refractivity contribution >= 4 is 8.25 Å². The van der Waals surface area contributed by atoms with Gasteiger partial charge in [0.05, 0.1) is 0 Å². The van der Waals surface area contributed by atoms with Crippen LogP contribution in [0.3, 0.4) is 0 Å². The summed E-state index contributed by atoms with van der Waals surface area (Å²) in [6.45, 7) is 0. The van der Waals surface area contributed by atoms with Crippen molar-refractivity contribution in [2.75, 3.05) is 0 Å². The summed E-state index contributed by atoms with van der Waals surface area (Å²) >= 11 is 0. The number of nitrogens with zero attached hydrogens (tertiary/aromatic N) is 6. The van der Waals surface area contributed by atoms with E-state index in [9.17, 15) is 4.57 Å². The SMILES string of the molecule is O=[P+](Oc1nn[nH]n1)Oc1nn[nH]n1. The third-order valence-electron chi connectivity index (χ3n) is 0.964. The summed E-state index contributed by atoms with van der Waals surface area (Å²) in [6, 6.07) is -0.399. The van der Waals surface area contributed by atoms with Crippen LogP contribution in [0.5, 0.6) is 12.0 Å². The lowest BCUT2D eigenvalue weighted by molar-refractivity contribution is 0.389. The summed E-state index contributed by atoms with van der Waals surface area (Å²) in [6.07, 6.45) is 0. The molecule has 0 aliphatic rings. The smallest absolute Gasteiger partial charge is 0.176 e. The number of rotatable bonds is 4. The molecule has 0 aromatic carbocycles. The van der Waals surface area contributed by atoms with Gasteiger partial charge in [0, 0.05) is 4.57 Å². The monoisotopic (exact) mass is 217 g/mol. The topological polar surface area (TPSA) is 144 Å². The summed E-state index contributed by atoms with van der Waals surface area (Å²) < 4.78 is 20.2. The first-order valence-electron chi connectivity index (χ1n) is 3.14. The van der Waals surface area contributed by atoms with Crippen LogP contribution in [-0.2, 0) is 4.57 Å². The normalized spacial score (nSPS) is 9.71. The largest absolute Gasteiger partial charge is 0.812 e. The van der Waals surface area contributed by atoms with E-state index in [0.29, 0.717) is 0 Å². The molecule has 2 aromatic heterocycles. The first-order valence-corrected chi connectivity index (χ1v) is 4.24. The number of H-pyrrole nitrogens is 2. The fraction of sp³-hybridized carbons (Fsp3) is 0. The Labute approximate surface area is 76.1 Å². The van der Waals surface area contributed by atoms with Gasteiger partial charge < -0.3 is 0 Å². The Morgan fingerprint density at radius 1 is 1.00 bits per heavy atom. The van der Waals surface area contributed by atoms with Crippen molar-refractivity contribution in [3.8, 4) is 12.0 Å². The van der Waals surface area contributed by atoms with E-state index in [1.54, 1.807) is 0 Å². The molecule has 72 valence electrons. The van der Waals surface area contributed by atoms with Gasteiger partial charge in [-0.3, -0.25) is 0 Å². The van der Waals surface area contributed by atoms with Gasteiger partial charge in [0.15, 0.2) is 0 Å². The molecule has 14 heavy (non-hydrogen) atoms. The summed E-state index contributed by atoms with van der Waals surface area (Å²) in [5.41, 5.74) is 0. The minimum absolute atomic E-state index is 0.199. The second-order valence-electron chi connectivity index (χ2n) is 1.79. The third kappa shape index (κ3) is 1.95. The molecule has 11 nitrogen and oxygen atoms in total. The summed E-state index contributed by atoms with van der Waals surface area (Å²) in [5.74, 6) is 0. The van der Waals surface area contributed by atoms with Gasteiger partial charge >= 0.3 is 20.3 Å². The van der Waals surface area contributed by atoms with E-state index in [1.807, 2.05) is 0 Å². The summed E-state index contributed by atoms with van der Waals surface area (Å²) in [7, 11) is -2.50. The molecule has 2 heterocycles. The minimum atomic E-state index is -2.50. The van der Waals surface area contributed by atoms with Gasteiger partial charge in [-0.15, -0.1) is 0 Å². The number of aromatic amines is 2. The van der Waals surface area contributed by atoms with Gasteiger partial charge in [-0.25, -0.2) is 0 Å². The van der Waals surface area contributed by atoms with E-state index in [2.05, 4.69) is 50.3 Å². The van der Waals surface area contributed by atoms with Crippen LogP contribution < -0.4 is 9.05 Å². The van der Waals surface area contributed by atoms with Crippen molar-refractivity contribution in [3.05, 3.63) is 0 Å². The van der Waals surface area contributed by atoms with Crippen LogP contribution in [0.4, 0.5) is 0 Å². The van der Waals surface area contributed by atoms with Crippen molar-refractivity contribution in [2.24, 2.45) is 0 Å². The molecule has 0 unspecified atom stereocenters. The first kappa shape index (κ1) is 8.44. The maximum atomic E-state index is 11.0. The average molecular weight is 217 g/mol. The van der Waals surface area contributed by atoms with Crippen molar-refractivity contribution < 1.29 is 13.6 Å². The van der Waals surface area contributed by atoms with Gasteiger partial charge in [-0.1, -0.05) is 20.4 Å². The maximum absolute atomic E-state index is 11.0. The zero-order chi connectivity index (χ0) is 9.80. The Morgan fingerprint density at radius 3 is 1.86 bits per heavy atom. The van der Waals surface area contributed by atoms with Gasteiger partial charge in [-0.2, -0.15) is 19.5 Å². The average Bonchev–Trinajstić information content (AvgIpc) is 2.76. The third-order valence-corrected chi connectivity index (χ3v) is 1.59. The molecule has 2 aromatic rings. The van der Waals surface area contributed by atoms with Crippen LogP contribution in [0, 0.1) is 0 Å². The van der Waals surface area contributed by atoms with Crippen LogP contribution in [0.2, 0.25) is 0 Å². The lowest BCUT2D eigenvalue weighted by Crippen LogP contribution is -1.91. The van der Waals surface area contributed by atoms with E-state index >= 15 is 0 Å². The highest BCUT2D eigenvalue weighted by molar-refractivity contribution is 7.34. The molecule has 2 rings (SSSR count). The summed E-state index contributed by atoms with van der Waals surface area (Å²) in [5, 5.41) is 24.1. The van der Waals surface area contributed by atoms with Crippen LogP contribution in [-0.4, -0.2) is 41.2 Å². The number of nitrogens with one attached hydrogen (secondary N) is 2. The van der Waals surface area contributed by atoms with Crippen LogP contribution in [0.1, 0.15) is 0 Å². The Balaban J connectivity index is 1.91. The number of aromatic nitrogens is 8. The highest BCUT2D eigenvalue weighted by Gasteiger charge is 2.29. The molecule has 0 aliphatic heterocycles. The molecule has 0 spiro atoms. The second kappa shape index (κ2) is 3.70. The van der Waals surface area contributed by atoms with Crippen molar-refractivity contribution in [1.29, 1.82) is 0 Å². The van der Waals surface area contributed by atoms with Gasteiger partial charge in [0.2, 0.25) is 0 Å². The predicted molar refractivity (Wildman–Crippen MR) is 37.2 cm³/mol. The van der Waals surface area contributed by atoms with Crippen LogP contribution in [0.25, 0.3) is 0 Å². The van der Waals surface area contributed by atoms with Crippen molar-refractivity contribution in [1.82, 2.24) is 41.2 Å². The van der Waals surface area contributed by atoms with Crippen molar-refractivity contribution in [3.63, 3.8) is 0 Å². The van der Waals surface area contributed by atoms with Crippen molar-refractivity contribution in [2.45, 2.75) is 0 Å². The molecule has 12 heteroatoms. The van der Waals surface area contributed by atoms with Gasteiger partial charge in [-0.05, 0) is 10.4 Å². The zero-order valence-corrected chi connectivity index (χ0v) is 7.25. The van der Waals surface area contributed by atoms with E-state index in [-0.39, 0.29) is 12.0 Å². The molecule has 0 radical (unpaired) electrons. The lowest BCUT2D eigenvalue weighted by Gasteiger charge is -1.80. The standard InChI is InChI=1S/C2H2N8O3P/c11-14(12-1-3-7-8-4-1)13-2-5-9-10-6-2/h(H,3,4,7,8)(H,5,6,9,10)/q+1. The van der Waals surface area contributed by atoms with E-state index in [1.165, 1.54) is 0 Å². The Bertz CT molecular complexity index is 358. The second-order valence-corrected chi connectivity index (χ2v) is 2.61. The van der Waals surface area contributed by atoms with E-state index < -0.39 is 8.25 Å². The van der Waals surface area contributed by atoms with Crippen LogP contribution >= 0.6 is 8.25 Å². The molecule has 0 saturated heterocycles. The van der Waals surface area contributed by atoms with Gasteiger partial charge in [0.1, 0.15) is 0 Å². The molecule has 0 aliphatic carbocycles. The Kier molecular flexibility index (Phi) is 2.23. The molecule has 0 bridgehead atoms. The number of tetrazole rings is 2. The molecular formula is C2H2N8O3P+. The fourth-order valence-corrected chi connectivity index (χ4v) is 0.993. The molecular weight excluding hydrogens is 215 g/mol. The highest BCUT2D eigenvalue weighted by atomic mass is 31.1. The van der Waals surface area contributed by atoms with Crippen LogP contribution in [0.15, 0.2) is 0 Å². The first-order chi connectivity index (χ1) is 6.84. The maximum Gasteiger partial charge on any atom is 0.812 e. The predicted octanol–water partition coefficient (Wildman–Crippen LogP) is -1.17. The number of hydrogen-bond donors (Lipinski definition) is 2. The molecule has 0 saturated carbocycles. The van der Waals surface area contributed by atoms with Gasteiger partial charge in [0.25, 0.3) is 0 Å². The quantitative estimate of drug-likeness (QED) is 0.604. The molecule has 2 N–H and O–H groups in total. The Morgan fingerprint density at radius 2 is 1.50 bits per heavy atom. The zero-order valence-electron chi connectivity index (χ0n) is 6.36. The highest BCUT2D eigenvalue weighted by Crippen LogP contribution is 2.24. The molecule has 0 fully saturated rings. The molecule has 0 amide bonds. The lowest BCUT2D eigenvalue weighted by atomic mass is 11.3. The fourth-order valence-electron chi connectivity index (χ4n) is 0.535. The summed E-state index contributed by atoms with van der Waals surface area (Å²) in [4.78, 5) is 0. The molecule has 0 atom stereocenters. The minimum Gasteiger partial charge on any atom is -0.176 e. The van der Waals surface area contributed by atoms with E-state index in [4.69, 9.17) is 0 Å².